The standard InChI is InChI=1S/C12H17N3O2S/c16-12(9-6-17-4-3-13-9)14-5-11-15-10(7-18-11)8-1-2-8/h7-9,13H,1-6H2,(H,14,16). The van der Waals surface area contributed by atoms with Crippen LogP contribution < -0.4 is 10.6 Å². The van der Waals surface area contributed by atoms with Crippen molar-refractivity contribution in [2.45, 2.75) is 31.3 Å². The molecule has 1 atom stereocenters. The van der Waals surface area contributed by atoms with Gasteiger partial charge in [0.25, 0.3) is 0 Å². The van der Waals surface area contributed by atoms with Crippen molar-refractivity contribution in [1.29, 1.82) is 0 Å². The number of rotatable bonds is 4. The summed E-state index contributed by atoms with van der Waals surface area (Å²) in [7, 11) is 0. The molecule has 2 fully saturated rings. The summed E-state index contributed by atoms with van der Waals surface area (Å²) >= 11 is 1.63. The van der Waals surface area contributed by atoms with E-state index in [-0.39, 0.29) is 11.9 Å². The molecule has 0 aromatic carbocycles. The maximum absolute atomic E-state index is 11.8. The third-order valence-electron chi connectivity index (χ3n) is 3.22. The lowest BCUT2D eigenvalue weighted by Gasteiger charge is -2.22. The molecule has 1 aliphatic carbocycles. The molecular weight excluding hydrogens is 250 g/mol. The number of nitrogens with one attached hydrogen (secondary N) is 2. The second-order valence-electron chi connectivity index (χ2n) is 4.74. The van der Waals surface area contributed by atoms with Crippen LogP contribution in [0.15, 0.2) is 5.38 Å². The molecular formula is C12H17N3O2S. The molecule has 1 aromatic heterocycles. The van der Waals surface area contributed by atoms with E-state index in [1.54, 1.807) is 11.3 Å². The fraction of sp³-hybridized carbons (Fsp3) is 0.667. The van der Waals surface area contributed by atoms with E-state index in [1.165, 1.54) is 18.5 Å². The number of hydrogen-bond donors (Lipinski definition) is 2. The lowest BCUT2D eigenvalue weighted by Crippen LogP contribution is -2.51. The highest BCUT2D eigenvalue weighted by atomic mass is 32.1. The highest BCUT2D eigenvalue weighted by Crippen LogP contribution is 2.40. The zero-order valence-corrected chi connectivity index (χ0v) is 11.0. The van der Waals surface area contributed by atoms with Crippen molar-refractivity contribution < 1.29 is 9.53 Å². The molecule has 0 radical (unpaired) electrons. The van der Waals surface area contributed by atoms with E-state index >= 15 is 0 Å². The van der Waals surface area contributed by atoms with Crippen LogP contribution in [-0.2, 0) is 16.1 Å². The molecule has 0 spiro atoms. The number of ether oxygens (including phenoxy) is 1. The maximum atomic E-state index is 11.8. The molecule has 5 nitrogen and oxygen atoms in total. The van der Waals surface area contributed by atoms with Crippen molar-refractivity contribution in [3.05, 3.63) is 16.1 Å². The lowest BCUT2D eigenvalue weighted by molar-refractivity contribution is -0.126. The normalized spacial score (nSPS) is 23.9. The van der Waals surface area contributed by atoms with Crippen LogP contribution in [0.25, 0.3) is 0 Å². The Labute approximate surface area is 110 Å². The molecule has 1 saturated heterocycles. The van der Waals surface area contributed by atoms with Gasteiger partial charge in [-0.1, -0.05) is 0 Å². The number of hydrogen-bond acceptors (Lipinski definition) is 5. The van der Waals surface area contributed by atoms with Crippen molar-refractivity contribution in [3.63, 3.8) is 0 Å². The third kappa shape index (κ3) is 2.88. The van der Waals surface area contributed by atoms with Crippen LogP contribution in [0.3, 0.4) is 0 Å². The van der Waals surface area contributed by atoms with Crippen LogP contribution >= 0.6 is 11.3 Å². The number of aromatic nitrogens is 1. The first-order valence-corrected chi connectivity index (χ1v) is 7.24. The van der Waals surface area contributed by atoms with Crippen LogP contribution in [0.4, 0.5) is 0 Å². The molecule has 3 rings (SSSR count). The quantitative estimate of drug-likeness (QED) is 0.839. The Balaban J connectivity index is 1.48. The minimum Gasteiger partial charge on any atom is -0.378 e. The predicted octanol–water partition coefficient (Wildman–Crippen LogP) is 0.625. The van der Waals surface area contributed by atoms with Gasteiger partial charge in [-0.25, -0.2) is 4.98 Å². The van der Waals surface area contributed by atoms with Crippen LogP contribution in [-0.4, -0.2) is 36.7 Å². The highest BCUT2D eigenvalue weighted by molar-refractivity contribution is 7.09. The molecule has 6 heteroatoms. The summed E-state index contributed by atoms with van der Waals surface area (Å²) < 4.78 is 5.26. The molecule has 2 heterocycles. The zero-order chi connectivity index (χ0) is 12.4. The molecule has 98 valence electrons. The Bertz CT molecular complexity index is 425. The first kappa shape index (κ1) is 12.1. The monoisotopic (exact) mass is 267 g/mol. The molecule has 2 N–H and O–H groups in total. The summed E-state index contributed by atoms with van der Waals surface area (Å²) in [4.78, 5) is 16.4. The smallest absolute Gasteiger partial charge is 0.239 e. The first-order chi connectivity index (χ1) is 8.83. The summed E-state index contributed by atoms with van der Waals surface area (Å²) in [6.07, 6.45) is 2.53. The molecule has 1 aliphatic heterocycles. The van der Waals surface area contributed by atoms with Crippen LogP contribution in [0.2, 0.25) is 0 Å². The van der Waals surface area contributed by atoms with Gasteiger partial charge in [-0.15, -0.1) is 11.3 Å². The van der Waals surface area contributed by atoms with Crippen LogP contribution in [0.5, 0.6) is 0 Å². The molecule has 18 heavy (non-hydrogen) atoms. The minimum absolute atomic E-state index is 0.00197. The Morgan fingerprint density at radius 1 is 1.61 bits per heavy atom. The fourth-order valence-electron chi connectivity index (χ4n) is 1.99. The van der Waals surface area contributed by atoms with Crippen molar-refractivity contribution in [2.75, 3.05) is 19.8 Å². The molecule has 1 saturated carbocycles. The summed E-state index contributed by atoms with van der Waals surface area (Å²) in [5.74, 6) is 0.678. The number of amides is 1. The van der Waals surface area contributed by atoms with Gasteiger partial charge in [0.1, 0.15) is 11.0 Å². The van der Waals surface area contributed by atoms with E-state index in [9.17, 15) is 4.79 Å². The van der Waals surface area contributed by atoms with E-state index in [0.29, 0.717) is 25.7 Å². The topological polar surface area (TPSA) is 63.2 Å². The Morgan fingerprint density at radius 3 is 3.22 bits per heavy atom. The molecule has 1 unspecified atom stereocenters. The first-order valence-electron chi connectivity index (χ1n) is 6.36. The van der Waals surface area contributed by atoms with E-state index < -0.39 is 0 Å². The van der Waals surface area contributed by atoms with Gasteiger partial charge in [-0.2, -0.15) is 0 Å². The number of carbonyl (C=O) groups excluding carboxylic acids is 1. The lowest BCUT2D eigenvalue weighted by atomic mass is 10.2. The fourth-order valence-corrected chi connectivity index (χ4v) is 2.81. The van der Waals surface area contributed by atoms with Gasteiger partial charge in [0.15, 0.2) is 0 Å². The second-order valence-corrected chi connectivity index (χ2v) is 5.68. The maximum Gasteiger partial charge on any atom is 0.239 e. The Morgan fingerprint density at radius 2 is 2.50 bits per heavy atom. The van der Waals surface area contributed by atoms with Gasteiger partial charge in [-0.05, 0) is 12.8 Å². The molecule has 2 aliphatic rings. The number of carbonyl (C=O) groups is 1. The van der Waals surface area contributed by atoms with E-state index in [2.05, 4.69) is 21.0 Å². The Hall–Kier alpha value is -0.980. The summed E-state index contributed by atoms with van der Waals surface area (Å²) in [5.41, 5.74) is 1.20. The van der Waals surface area contributed by atoms with Gasteiger partial charge >= 0.3 is 0 Å². The summed E-state index contributed by atoms with van der Waals surface area (Å²) in [5, 5.41) is 9.14. The van der Waals surface area contributed by atoms with Gasteiger partial charge in [-0.3, -0.25) is 4.79 Å². The number of thiazole rings is 1. The van der Waals surface area contributed by atoms with Crippen LogP contribution in [0.1, 0.15) is 29.5 Å². The average molecular weight is 267 g/mol. The van der Waals surface area contributed by atoms with Crippen molar-refractivity contribution in [1.82, 2.24) is 15.6 Å². The minimum atomic E-state index is -0.221. The number of morpholine rings is 1. The SMILES string of the molecule is O=C(NCc1nc(C2CC2)cs1)C1COCCN1. The molecule has 0 bridgehead atoms. The number of nitrogens with zero attached hydrogens (tertiary/aromatic N) is 1. The van der Waals surface area contributed by atoms with Gasteiger partial charge in [0.2, 0.25) is 5.91 Å². The van der Waals surface area contributed by atoms with Crippen LogP contribution in [0, 0.1) is 0 Å². The summed E-state index contributed by atoms with van der Waals surface area (Å²) in [6.45, 7) is 2.40. The van der Waals surface area contributed by atoms with Crippen molar-refractivity contribution in [2.24, 2.45) is 0 Å². The average Bonchev–Trinajstić information content (AvgIpc) is 3.16. The molecule has 1 amide bonds. The second kappa shape index (κ2) is 5.34. The van der Waals surface area contributed by atoms with E-state index in [0.717, 1.165) is 11.6 Å². The Kier molecular flexibility index (Phi) is 3.58. The van der Waals surface area contributed by atoms with Crippen molar-refractivity contribution in [3.8, 4) is 0 Å². The largest absolute Gasteiger partial charge is 0.378 e. The highest BCUT2D eigenvalue weighted by Gasteiger charge is 2.26. The van der Waals surface area contributed by atoms with Gasteiger partial charge in [0.05, 0.1) is 25.5 Å². The van der Waals surface area contributed by atoms with Gasteiger partial charge in [0, 0.05) is 17.8 Å². The van der Waals surface area contributed by atoms with E-state index in [1.807, 2.05) is 0 Å². The van der Waals surface area contributed by atoms with Gasteiger partial charge < -0.3 is 15.4 Å². The third-order valence-corrected chi connectivity index (χ3v) is 4.08. The molecule has 1 aromatic rings. The summed E-state index contributed by atoms with van der Waals surface area (Å²) in [6, 6.07) is -0.221. The zero-order valence-electron chi connectivity index (χ0n) is 10.1. The van der Waals surface area contributed by atoms with Crippen molar-refractivity contribution >= 4 is 17.2 Å². The van der Waals surface area contributed by atoms with E-state index in [4.69, 9.17) is 4.74 Å². The predicted molar refractivity (Wildman–Crippen MR) is 68.5 cm³/mol.